The molecule has 1 fully saturated rings. The van der Waals surface area contributed by atoms with E-state index < -0.39 is 0 Å². The minimum Gasteiger partial charge on any atom is -0.378 e. The molecule has 1 rings (SSSR count). The van der Waals surface area contributed by atoms with Gasteiger partial charge in [0.05, 0.1) is 6.10 Å². The van der Waals surface area contributed by atoms with Crippen LogP contribution in [0.3, 0.4) is 0 Å². The molecule has 1 saturated carbocycles. The Balaban J connectivity index is 1.87. The van der Waals surface area contributed by atoms with Gasteiger partial charge in [0.15, 0.2) is 0 Å². The van der Waals surface area contributed by atoms with Gasteiger partial charge in [0.1, 0.15) is 0 Å². The number of unbranched alkanes of at least 4 members (excludes halogenated alkanes) is 1. The molecule has 0 aromatic heterocycles. The van der Waals surface area contributed by atoms with Crippen molar-refractivity contribution < 1.29 is 4.74 Å². The molecular weight excluding hydrogens is 174 g/mol. The van der Waals surface area contributed by atoms with E-state index in [2.05, 4.69) is 19.0 Å². The third-order valence-corrected chi connectivity index (χ3v) is 2.91. The number of ether oxygens (including phenoxy) is 1. The van der Waals surface area contributed by atoms with Crippen molar-refractivity contribution in [3.05, 3.63) is 0 Å². The van der Waals surface area contributed by atoms with Gasteiger partial charge in [-0.2, -0.15) is 0 Å². The van der Waals surface area contributed by atoms with E-state index >= 15 is 0 Å². The molecule has 14 heavy (non-hydrogen) atoms. The van der Waals surface area contributed by atoms with Crippen LogP contribution in [-0.2, 0) is 4.74 Å². The second-order valence-electron chi connectivity index (χ2n) is 4.64. The normalized spacial score (nSPS) is 19.1. The van der Waals surface area contributed by atoms with Crippen LogP contribution in [0.4, 0.5) is 0 Å². The highest BCUT2D eigenvalue weighted by molar-refractivity contribution is 4.64. The molecule has 0 bridgehead atoms. The molecule has 0 aromatic carbocycles. The van der Waals surface area contributed by atoms with Gasteiger partial charge in [-0.3, -0.25) is 0 Å². The Morgan fingerprint density at radius 2 is 1.79 bits per heavy atom. The van der Waals surface area contributed by atoms with Crippen molar-refractivity contribution in [2.24, 2.45) is 0 Å². The van der Waals surface area contributed by atoms with Gasteiger partial charge in [0, 0.05) is 6.61 Å². The molecule has 0 atom stereocenters. The van der Waals surface area contributed by atoms with Crippen molar-refractivity contribution in [2.45, 2.75) is 51.0 Å². The SMILES string of the molecule is CN(C)CCCCOC1CCCCC1. The van der Waals surface area contributed by atoms with E-state index in [9.17, 15) is 0 Å². The van der Waals surface area contributed by atoms with E-state index in [1.807, 2.05) is 0 Å². The summed E-state index contributed by atoms with van der Waals surface area (Å²) in [6.45, 7) is 2.16. The highest BCUT2D eigenvalue weighted by Gasteiger charge is 2.12. The van der Waals surface area contributed by atoms with E-state index in [-0.39, 0.29) is 0 Å². The predicted octanol–water partition coefficient (Wildman–Crippen LogP) is 2.68. The molecular formula is C12H25NO. The third-order valence-electron chi connectivity index (χ3n) is 2.91. The van der Waals surface area contributed by atoms with Crippen LogP contribution in [0.2, 0.25) is 0 Å². The predicted molar refractivity (Wildman–Crippen MR) is 60.6 cm³/mol. The van der Waals surface area contributed by atoms with Crippen molar-refractivity contribution in [3.8, 4) is 0 Å². The van der Waals surface area contributed by atoms with E-state index in [0.717, 1.165) is 6.61 Å². The summed E-state index contributed by atoms with van der Waals surface area (Å²) >= 11 is 0. The molecule has 0 unspecified atom stereocenters. The molecule has 0 radical (unpaired) electrons. The van der Waals surface area contributed by atoms with Crippen molar-refractivity contribution in [2.75, 3.05) is 27.2 Å². The van der Waals surface area contributed by atoms with Crippen LogP contribution < -0.4 is 0 Å². The topological polar surface area (TPSA) is 12.5 Å². The highest BCUT2D eigenvalue weighted by Crippen LogP contribution is 2.20. The quantitative estimate of drug-likeness (QED) is 0.610. The lowest BCUT2D eigenvalue weighted by Gasteiger charge is -2.22. The Morgan fingerprint density at radius 1 is 1.07 bits per heavy atom. The van der Waals surface area contributed by atoms with E-state index in [1.165, 1.54) is 51.5 Å². The molecule has 1 aliphatic carbocycles. The Labute approximate surface area is 88.6 Å². The van der Waals surface area contributed by atoms with Crippen molar-refractivity contribution in [3.63, 3.8) is 0 Å². The second kappa shape index (κ2) is 7.24. The minimum absolute atomic E-state index is 0.586. The lowest BCUT2D eigenvalue weighted by molar-refractivity contribution is 0.0259. The minimum atomic E-state index is 0.586. The zero-order valence-corrected chi connectivity index (χ0v) is 9.80. The van der Waals surface area contributed by atoms with E-state index in [0.29, 0.717) is 6.10 Å². The van der Waals surface area contributed by atoms with Gasteiger partial charge in [-0.05, 0) is 46.3 Å². The standard InChI is InChI=1S/C12H25NO/c1-13(2)10-6-7-11-14-12-8-4-3-5-9-12/h12H,3-11H2,1-2H3. The summed E-state index contributed by atoms with van der Waals surface area (Å²) in [5.41, 5.74) is 0. The summed E-state index contributed by atoms with van der Waals surface area (Å²) in [5, 5.41) is 0. The fraction of sp³-hybridized carbons (Fsp3) is 1.00. The summed E-state index contributed by atoms with van der Waals surface area (Å²) in [7, 11) is 4.25. The van der Waals surface area contributed by atoms with Crippen LogP contribution in [0.1, 0.15) is 44.9 Å². The Kier molecular flexibility index (Phi) is 6.20. The maximum atomic E-state index is 5.85. The molecule has 0 N–H and O–H groups in total. The first kappa shape index (κ1) is 12.0. The zero-order valence-electron chi connectivity index (χ0n) is 9.80. The van der Waals surface area contributed by atoms with Crippen LogP contribution in [0.15, 0.2) is 0 Å². The molecule has 2 nitrogen and oxygen atoms in total. The monoisotopic (exact) mass is 199 g/mol. The van der Waals surface area contributed by atoms with E-state index in [1.54, 1.807) is 0 Å². The maximum Gasteiger partial charge on any atom is 0.0575 e. The van der Waals surface area contributed by atoms with Crippen molar-refractivity contribution >= 4 is 0 Å². The fourth-order valence-corrected chi connectivity index (χ4v) is 2.01. The molecule has 1 aliphatic rings. The lowest BCUT2D eigenvalue weighted by Crippen LogP contribution is -2.18. The van der Waals surface area contributed by atoms with Gasteiger partial charge < -0.3 is 9.64 Å². The first-order valence-corrected chi connectivity index (χ1v) is 6.05. The molecule has 0 heterocycles. The Bertz CT molecular complexity index is 130. The first-order valence-electron chi connectivity index (χ1n) is 6.05. The number of hydrogen-bond acceptors (Lipinski definition) is 2. The van der Waals surface area contributed by atoms with Crippen LogP contribution in [-0.4, -0.2) is 38.3 Å². The summed E-state index contributed by atoms with van der Waals surface area (Å²) < 4.78 is 5.85. The van der Waals surface area contributed by atoms with Gasteiger partial charge in [-0.15, -0.1) is 0 Å². The summed E-state index contributed by atoms with van der Waals surface area (Å²) in [6, 6.07) is 0. The van der Waals surface area contributed by atoms with Crippen molar-refractivity contribution in [1.29, 1.82) is 0 Å². The van der Waals surface area contributed by atoms with Gasteiger partial charge in [-0.1, -0.05) is 19.3 Å². The molecule has 0 saturated heterocycles. The zero-order chi connectivity index (χ0) is 10.2. The molecule has 0 amide bonds. The van der Waals surface area contributed by atoms with Gasteiger partial charge in [-0.25, -0.2) is 0 Å². The van der Waals surface area contributed by atoms with Gasteiger partial charge in [0.25, 0.3) is 0 Å². The molecule has 0 spiro atoms. The number of rotatable bonds is 6. The molecule has 0 aromatic rings. The summed E-state index contributed by atoms with van der Waals surface area (Å²) in [6.07, 6.45) is 9.84. The number of hydrogen-bond donors (Lipinski definition) is 0. The average molecular weight is 199 g/mol. The molecule has 0 aliphatic heterocycles. The van der Waals surface area contributed by atoms with Crippen molar-refractivity contribution in [1.82, 2.24) is 4.90 Å². The Hall–Kier alpha value is -0.0800. The summed E-state index contributed by atoms with van der Waals surface area (Å²) in [4.78, 5) is 2.24. The molecule has 84 valence electrons. The Morgan fingerprint density at radius 3 is 2.43 bits per heavy atom. The number of nitrogens with zero attached hydrogens (tertiary/aromatic N) is 1. The van der Waals surface area contributed by atoms with Crippen LogP contribution in [0, 0.1) is 0 Å². The first-order chi connectivity index (χ1) is 6.79. The van der Waals surface area contributed by atoms with Crippen LogP contribution in [0.25, 0.3) is 0 Å². The highest BCUT2D eigenvalue weighted by atomic mass is 16.5. The van der Waals surface area contributed by atoms with Crippen LogP contribution in [0.5, 0.6) is 0 Å². The summed E-state index contributed by atoms with van der Waals surface area (Å²) in [5.74, 6) is 0. The maximum absolute atomic E-state index is 5.85. The molecule has 2 heteroatoms. The largest absolute Gasteiger partial charge is 0.378 e. The fourth-order valence-electron chi connectivity index (χ4n) is 2.01. The third kappa shape index (κ3) is 5.61. The lowest BCUT2D eigenvalue weighted by atomic mass is 9.98. The van der Waals surface area contributed by atoms with Crippen LogP contribution >= 0.6 is 0 Å². The van der Waals surface area contributed by atoms with Gasteiger partial charge in [0.2, 0.25) is 0 Å². The smallest absolute Gasteiger partial charge is 0.0575 e. The van der Waals surface area contributed by atoms with E-state index in [4.69, 9.17) is 4.74 Å². The second-order valence-corrected chi connectivity index (χ2v) is 4.64. The van der Waals surface area contributed by atoms with Gasteiger partial charge >= 0.3 is 0 Å². The average Bonchev–Trinajstić information content (AvgIpc) is 2.18.